The van der Waals surface area contributed by atoms with E-state index in [1.54, 1.807) is 0 Å². The highest BCUT2D eigenvalue weighted by atomic mass is 16.5. The largest absolute Gasteiger partial charge is 0.379 e. The van der Waals surface area contributed by atoms with Crippen LogP contribution in [0.2, 0.25) is 0 Å². The smallest absolute Gasteiger partial charge is 0.0594 e. The van der Waals surface area contributed by atoms with Gasteiger partial charge in [0.2, 0.25) is 0 Å². The average Bonchev–Trinajstić information content (AvgIpc) is 2.40. The maximum absolute atomic E-state index is 5.74. The molecule has 1 aliphatic heterocycles. The Bertz CT molecular complexity index is 229. The Morgan fingerprint density at radius 3 is 2.65 bits per heavy atom. The van der Waals surface area contributed by atoms with Crippen molar-refractivity contribution in [2.45, 2.75) is 44.7 Å². The lowest BCUT2D eigenvalue weighted by Gasteiger charge is -2.47. The third-order valence-corrected chi connectivity index (χ3v) is 4.06. The van der Waals surface area contributed by atoms with E-state index in [1.807, 2.05) is 6.08 Å². The zero-order valence-electron chi connectivity index (χ0n) is 11.2. The summed E-state index contributed by atoms with van der Waals surface area (Å²) in [7, 11) is 0. The lowest BCUT2D eigenvalue weighted by atomic mass is 9.84. The van der Waals surface area contributed by atoms with Crippen LogP contribution in [0.25, 0.3) is 0 Å². The molecule has 1 heterocycles. The SMILES string of the molecule is C=CCCC(NN)C(C)(CC)N1CCOCC1. The molecule has 0 bridgehead atoms. The van der Waals surface area contributed by atoms with E-state index >= 15 is 0 Å². The molecule has 0 aromatic carbocycles. The van der Waals surface area contributed by atoms with Gasteiger partial charge in [-0.1, -0.05) is 13.0 Å². The van der Waals surface area contributed by atoms with Crippen LogP contribution in [0.15, 0.2) is 12.7 Å². The molecule has 17 heavy (non-hydrogen) atoms. The molecule has 1 saturated heterocycles. The number of hydrogen-bond acceptors (Lipinski definition) is 4. The van der Waals surface area contributed by atoms with Crippen LogP contribution >= 0.6 is 0 Å². The van der Waals surface area contributed by atoms with E-state index in [0.717, 1.165) is 45.6 Å². The first-order valence-electron chi connectivity index (χ1n) is 6.58. The van der Waals surface area contributed by atoms with E-state index in [4.69, 9.17) is 10.6 Å². The second kappa shape index (κ2) is 7.11. The van der Waals surface area contributed by atoms with Gasteiger partial charge < -0.3 is 4.74 Å². The summed E-state index contributed by atoms with van der Waals surface area (Å²) in [5, 5.41) is 0. The van der Waals surface area contributed by atoms with Crippen LogP contribution < -0.4 is 11.3 Å². The Balaban J connectivity index is 2.71. The van der Waals surface area contributed by atoms with Crippen LogP contribution in [0.1, 0.15) is 33.1 Å². The third kappa shape index (κ3) is 3.52. The molecule has 0 radical (unpaired) electrons. The van der Waals surface area contributed by atoms with E-state index in [2.05, 4.69) is 30.8 Å². The van der Waals surface area contributed by atoms with Crippen LogP contribution in [0, 0.1) is 0 Å². The molecule has 0 aliphatic carbocycles. The Morgan fingerprint density at radius 1 is 1.53 bits per heavy atom. The van der Waals surface area contributed by atoms with E-state index in [-0.39, 0.29) is 5.54 Å². The molecule has 100 valence electrons. The Labute approximate surface area is 105 Å². The third-order valence-electron chi connectivity index (χ3n) is 4.06. The van der Waals surface area contributed by atoms with Gasteiger partial charge in [0, 0.05) is 24.7 Å². The topological polar surface area (TPSA) is 50.5 Å². The molecular weight excluding hydrogens is 214 g/mol. The van der Waals surface area contributed by atoms with Crippen LogP contribution in [0.3, 0.4) is 0 Å². The summed E-state index contributed by atoms with van der Waals surface area (Å²) in [6.45, 7) is 12.0. The molecule has 0 aromatic rings. The van der Waals surface area contributed by atoms with E-state index in [1.165, 1.54) is 0 Å². The molecule has 0 saturated carbocycles. The van der Waals surface area contributed by atoms with Crippen molar-refractivity contribution in [3.05, 3.63) is 12.7 Å². The number of nitrogens with zero attached hydrogens (tertiary/aromatic N) is 1. The Kier molecular flexibility index (Phi) is 6.12. The molecule has 1 rings (SSSR count). The molecule has 0 spiro atoms. The van der Waals surface area contributed by atoms with Gasteiger partial charge in [-0.15, -0.1) is 6.58 Å². The molecule has 1 aliphatic rings. The van der Waals surface area contributed by atoms with Crippen molar-refractivity contribution < 1.29 is 4.74 Å². The predicted octanol–water partition coefficient (Wildman–Crippen LogP) is 1.29. The summed E-state index contributed by atoms with van der Waals surface area (Å²) in [6, 6.07) is 0.295. The van der Waals surface area contributed by atoms with Crippen LogP contribution in [0.4, 0.5) is 0 Å². The van der Waals surface area contributed by atoms with Crippen LogP contribution in [0.5, 0.6) is 0 Å². The van der Waals surface area contributed by atoms with Crippen molar-refractivity contribution >= 4 is 0 Å². The second-order valence-electron chi connectivity index (χ2n) is 4.90. The van der Waals surface area contributed by atoms with Gasteiger partial charge in [0.1, 0.15) is 0 Å². The summed E-state index contributed by atoms with van der Waals surface area (Å²) in [4.78, 5) is 2.50. The van der Waals surface area contributed by atoms with E-state index in [9.17, 15) is 0 Å². The van der Waals surface area contributed by atoms with Gasteiger partial charge in [-0.3, -0.25) is 16.2 Å². The number of rotatable bonds is 7. The Hall–Kier alpha value is -0.420. The number of nitrogens with two attached hydrogens (primary N) is 1. The van der Waals surface area contributed by atoms with Crippen LogP contribution in [-0.2, 0) is 4.74 Å². The predicted molar refractivity (Wildman–Crippen MR) is 71.6 cm³/mol. The molecule has 4 heteroatoms. The van der Waals surface area contributed by atoms with Gasteiger partial charge in [-0.25, -0.2) is 0 Å². The minimum Gasteiger partial charge on any atom is -0.379 e. The summed E-state index contributed by atoms with van der Waals surface area (Å²) in [6.07, 6.45) is 5.06. The zero-order chi connectivity index (χ0) is 12.7. The monoisotopic (exact) mass is 241 g/mol. The van der Waals surface area contributed by atoms with Gasteiger partial charge in [0.25, 0.3) is 0 Å². The average molecular weight is 241 g/mol. The van der Waals surface area contributed by atoms with E-state index in [0.29, 0.717) is 6.04 Å². The number of ether oxygens (including phenoxy) is 1. The fourth-order valence-corrected chi connectivity index (χ4v) is 2.62. The maximum Gasteiger partial charge on any atom is 0.0594 e. The summed E-state index contributed by atoms with van der Waals surface area (Å²) < 4.78 is 5.42. The first kappa shape index (κ1) is 14.6. The van der Waals surface area contributed by atoms with Crippen molar-refractivity contribution in [2.24, 2.45) is 5.84 Å². The minimum absolute atomic E-state index is 0.0988. The standard InChI is InChI=1S/C13H27N3O/c1-4-6-7-12(15-14)13(3,5-2)16-8-10-17-11-9-16/h4,12,15H,1,5-11,14H2,2-3H3. The number of hydrazine groups is 1. The molecule has 0 aromatic heterocycles. The van der Waals surface area contributed by atoms with Crippen molar-refractivity contribution in [3.8, 4) is 0 Å². The van der Waals surface area contributed by atoms with Gasteiger partial charge >= 0.3 is 0 Å². The number of hydrogen-bond donors (Lipinski definition) is 2. The zero-order valence-corrected chi connectivity index (χ0v) is 11.2. The Morgan fingerprint density at radius 2 is 2.18 bits per heavy atom. The summed E-state index contributed by atoms with van der Waals surface area (Å²) >= 11 is 0. The molecule has 1 fully saturated rings. The molecule has 0 amide bonds. The first-order chi connectivity index (χ1) is 8.19. The fourth-order valence-electron chi connectivity index (χ4n) is 2.62. The highest BCUT2D eigenvalue weighted by Crippen LogP contribution is 2.27. The van der Waals surface area contributed by atoms with Crippen molar-refractivity contribution in [1.29, 1.82) is 0 Å². The second-order valence-corrected chi connectivity index (χ2v) is 4.90. The van der Waals surface area contributed by atoms with Crippen molar-refractivity contribution in [1.82, 2.24) is 10.3 Å². The van der Waals surface area contributed by atoms with E-state index < -0.39 is 0 Å². The molecule has 2 unspecified atom stereocenters. The van der Waals surface area contributed by atoms with Crippen LogP contribution in [-0.4, -0.2) is 42.8 Å². The number of morpholine rings is 1. The summed E-state index contributed by atoms with van der Waals surface area (Å²) in [5.74, 6) is 5.74. The van der Waals surface area contributed by atoms with Gasteiger partial charge in [0.15, 0.2) is 0 Å². The highest BCUT2D eigenvalue weighted by molar-refractivity contribution is 4.97. The molecule has 4 nitrogen and oxygen atoms in total. The first-order valence-corrected chi connectivity index (χ1v) is 6.58. The molecule has 2 atom stereocenters. The number of nitrogens with one attached hydrogen (secondary N) is 1. The van der Waals surface area contributed by atoms with Gasteiger partial charge in [-0.05, 0) is 26.2 Å². The van der Waals surface area contributed by atoms with Crippen molar-refractivity contribution in [2.75, 3.05) is 26.3 Å². The van der Waals surface area contributed by atoms with Gasteiger partial charge in [0.05, 0.1) is 13.2 Å². The minimum atomic E-state index is 0.0988. The fraction of sp³-hybridized carbons (Fsp3) is 0.846. The molecular formula is C13H27N3O. The molecule has 3 N–H and O–H groups in total. The quantitative estimate of drug-likeness (QED) is 0.400. The lowest BCUT2D eigenvalue weighted by Crippen LogP contribution is -2.63. The number of allylic oxidation sites excluding steroid dienone is 1. The summed E-state index contributed by atoms with van der Waals surface area (Å²) in [5.41, 5.74) is 3.09. The maximum atomic E-state index is 5.74. The highest BCUT2D eigenvalue weighted by Gasteiger charge is 2.37. The normalized spacial score (nSPS) is 23.0. The van der Waals surface area contributed by atoms with Crippen molar-refractivity contribution in [3.63, 3.8) is 0 Å². The van der Waals surface area contributed by atoms with Gasteiger partial charge in [-0.2, -0.15) is 0 Å². The lowest BCUT2D eigenvalue weighted by molar-refractivity contribution is -0.0333.